The summed E-state index contributed by atoms with van der Waals surface area (Å²) in [5.41, 5.74) is 7.79. The Morgan fingerprint density at radius 2 is 1.57 bits per heavy atom. The zero-order valence-electron chi connectivity index (χ0n) is 16.4. The highest BCUT2D eigenvalue weighted by Gasteiger charge is 2.27. The highest BCUT2D eigenvalue weighted by Crippen LogP contribution is 2.32. The molecular formula is C22H28ClN3O2. The minimum absolute atomic E-state index is 0. The van der Waals surface area contributed by atoms with Gasteiger partial charge in [-0.1, -0.05) is 56.3 Å². The van der Waals surface area contributed by atoms with Gasteiger partial charge in [0.15, 0.2) is 5.96 Å². The first-order valence-electron chi connectivity index (χ1n) is 9.34. The Morgan fingerprint density at radius 3 is 2.11 bits per heavy atom. The zero-order valence-corrected chi connectivity index (χ0v) is 17.2. The van der Waals surface area contributed by atoms with Crippen molar-refractivity contribution < 1.29 is 9.53 Å². The van der Waals surface area contributed by atoms with Gasteiger partial charge in [0.05, 0.1) is 5.92 Å². The smallest absolute Gasteiger partial charge is 0.314 e. The maximum Gasteiger partial charge on any atom is 0.314 e. The van der Waals surface area contributed by atoms with Crippen LogP contribution in [0.4, 0.5) is 0 Å². The molecule has 1 fully saturated rings. The van der Waals surface area contributed by atoms with E-state index in [9.17, 15) is 4.79 Å². The SMILES string of the molecule is CC(C)(c1ccccc1)c1ccc(OC(=O)C2CCN(C(=N)N)CC2)cc1.Cl. The second kappa shape index (κ2) is 9.11. The Kier molecular flexibility index (Phi) is 7.08. The molecule has 0 radical (unpaired) electrons. The summed E-state index contributed by atoms with van der Waals surface area (Å²) in [6, 6.07) is 18.1. The number of ether oxygens (including phenoxy) is 1. The van der Waals surface area contributed by atoms with Crippen molar-refractivity contribution in [3.05, 3.63) is 65.7 Å². The van der Waals surface area contributed by atoms with Crippen molar-refractivity contribution in [2.45, 2.75) is 32.1 Å². The van der Waals surface area contributed by atoms with Crippen LogP contribution in [-0.2, 0) is 10.2 Å². The Bertz CT molecular complexity index is 798. The van der Waals surface area contributed by atoms with Crippen molar-refractivity contribution in [2.75, 3.05) is 13.1 Å². The van der Waals surface area contributed by atoms with E-state index in [0.717, 1.165) is 0 Å². The summed E-state index contributed by atoms with van der Waals surface area (Å²) in [5, 5.41) is 7.46. The number of esters is 1. The zero-order chi connectivity index (χ0) is 19.4. The van der Waals surface area contributed by atoms with Crippen LogP contribution in [0, 0.1) is 11.3 Å². The van der Waals surface area contributed by atoms with E-state index in [2.05, 4.69) is 26.0 Å². The summed E-state index contributed by atoms with van der Waals surface area (Å²) in [5.74, 6) is 0.300. The molecular weight excluding hydrogens is 374 g/mol. The lowest BCUT2D eigenvalue weighted by Gasteiger charge is -2.31. The Hall–Kier alpha value is -2.53. The predicted molar refractivity (Wildman–Crippen MR) is 114 cm³/mol. The molecule has 1 aliphatic heterocycles. The van der Waals surface area contributed by atoms with E-state index in [0.29, 0.717) is 31.7 Å². The van der Waals surface area contributed by atoms with E-state index in [1.807, 2.05) is 42.5 Å². The van der Waals surface area contributed by atoms with Crippen LogP contribution in [0.1, 0.15) is 37.8 Å². The molecule has 3 N–H and O–H groups in total. The van der Waals surface area contributed by atoms with E-state index in [4.69, 9.17) is 15.9 Å². The molecule has 28 heavy (non-hydrogen) atoms. The lowest BCUT2D eigenvalue weighted by molar-refractivity contribution is -0.140. The third-order valence-corrected chi connectivity index (χ3v) is 5.46. The summed E-state index contributed by atoms with van der Waals surface area (Å²) in [6.45, 7) is 5.62. The number of nitrogens with two attached hydrogens (primary N) is 1. The van der Waals surface area contributed by atoms with E-state index >= 15 is 0 Å². The number of hydrogen-bond donors (Lipinski definition) is 2. The second-order valence-corrected chi connectivity index (χ2v) is 7.58. The van der Waals surface area contributed by atoms with Crippen molar-refractivity contribution in [1.82, 2.24) is 4.90 Å². The van der Waals surface area contributed by atoms with Gasteiger partial charge >= 0.3 is 5.97 Å². The van der Waals surface area contributed by atoms with Gasteiger partial charge in [-0.3, -0.25) is 10.2 Å². The molecule has 0 saturated carbocycles. The van der Waals surface area contributed by atoms with Crippen molar-refractivity contribution in [2.24, 2.45) is 11.7 Å². The fourth-order valence-electron chi connectivity index (χ4n) is 3.52. The number of carbonyl (C=O) groups excluding carboxylic acids is 1. The number of rotatable bonds is 4. The molecule has 0 unspecified atom stereocenters. The first-order chi connectivity index (χ1) is 12.9. The molecule has 3 rings (SSSR count). The summed E-state index contributed by atoms with van der Waals surface area (Å²) in [6.07, 6.45) is 1.33. The number of halogens is 1. The quantitative estimate of drug-likeness (QED) is 0.352. The molecule has 1 aliphatic rings. The molecule has 5 nitrogen and oxygen atoms in total. The van der Waals surface area contributed by atoms with E-state index in [-0.39, 0.29) is 35.7 Å². The van der Waals surface area contributed by atoms with Crippen LogP contribution in [-0.4, -0.2) is 29.9 Å². The largest absolute Gasteiger partial charge is 0.426 e. The van der Waals surface area contributed by atoms with Crippen molar-refractivity contribution in [3.63, 3.8) is 0 Å². The summed E-state index contributed by atoms with van der Waals surface area (Å²) in [4.78, 5) is 14.2. The van der Waals surface area contributed by atoms with Crippen molar-refractivity contribution in [1.29, 1.82) is 5.41 Å². The summed E-state index contributed by atoms with van der Waals surface area (Å²) < 4.78 is 5.58. The normalized spacial score (nSPS) is 14.9. The van der Waals surface area contributed by atoms with Gasteiger partial charge in [-0.25, -0.2) is 0 Å². The van der Waals surface area contributed by atoms with Crippen LogP contribution in [0.15, 0.2) is 54.6 Å². The maximum atomic E-state index is 12.4. The first kappa shape index (κ1) is 21.8. The highest BCUT2D eigenvalue weighted by atomic mass is 35.5. The van der Waals surface area contributed by atoms with Gasteiger partial charge in [0.2, 0.25) is 0 Å². The van der Waals surface area contributed by atoms with Crippen molar-refractivity contribution >= 4 is 24.3 Å². The molecule has 0 amide bonds. The van der Waals surface area contributed by atoms with Crippen LogP contribution in [0.25, 0.3) is 0 Å². The minimum atomic E-state index is -0.201. The molecule has 1 saturated heterocycles. The number of nitrogens with one attached hydrogen (secondary N) is 1. The molecule has 2 aromatic carbocycles. The number of piperidine rings is 1. The number of nitrogens with zero attached hydrogens (tertiary/aromatic N) is 1. The lowest BCUT2D eigenvalue weighted by Crippen LogP contribution is -2.44. The van der Waals surface area contributed by atoms with Crippen LogP contribution < -0.4 is 10.5 Å². The fraction of sp³-hybridized carbons (Fsp3) is 0.364. The van der Waals surface area contributed by atoms with Gasteiger partial charge in [-0.15, -0.1) is 12.4 Å². The lowest BCUT2D eigenvalue weighted by atomic mass is 9.78. The average molecular weight is 402 g/mol. The molecule has 0 aromatic heterocycles. The van der Waals surface area contributed by atoms with E-state index in [1.54, 1.807) is 4.90 Å². The van der Waals surface area contributed by atoms with Crippen LogP contribution in [0.3, 0.4) is 0 Å². The Morgan fingerprint density at radius 1 is 1.04 bits per heavy atom. The van der Waals surface area contributed by atoms with Crippen LogP contribution in [0.2, 0.25) is 0 Å². The van der Waals surface area contributed by atoms with E-state index < -0.39 is 0 Å². The number of guanidine groups is 1. The van der Waals surface area contributed by atoms with Gasteiger partial charge in [-0.05, 0) is 36.1 Å². The number of carbonyl (C=O) groups is 1. The molecule has 0 spiro atoms. The molecule has 6 heteroatoms. The molecule has 0 bridgehead atoms. The maximum absolute atomic E-state index is 12.4. The van der Waals surface area contributed by atoms with Gasteiger partial charge in [0.1, 0.15) is 5.75 Å². The molecule has 2 aromatic rings. The van der Waals surface area contributed by atoms with Gasteiger partial charge < -0.3 is 15.4 Å². The average Bonchev–Trinajstić information content (AvgIpc) is 2.69. The molecule has 0 aliphatic carbocycles. The van der Waals surface area contributed by atoms with Crippen LogP contribution in [0.5, 0.6) is 5.75 Å². The third kappa shape index (κ3) is 4.84. The van der Waals surface area contributed by atoms with E-state index in [1.165, 1.54) is 11.1 Å². The summed E-state index contributed by atoms with van der Waals surface area (Å²) >= 11 is 0. The predicted octanol–water partition coefficient (Wildman–Crippen LogP) is 3.95. The monoisotopic (exact) mass is 401 g/mol. The molecule has 1 heterocycles. The fourth-order valence-corrected chi connectivity index (χ4v) is 3.52. The second-order valence-electron chi connectivity index (χ2n) is 7.58. The number of likely N-dealkylation sites (tertiary alicyclic amines) is 1. The Balaban J connectivity index is 0.00000280. The molecule has 0 atom stereocenters. The number of hydrogen-bond acceptors (Lipinski definition) is 3. The highest BCUT2D eigenvalue weighted by molar-refractivity contribution is 5.85. The number of benzene rings is 2. The first-order valence-corrected chi connectivity index (χ1v) is 9.34. The molecule has 150 valence electrons. The third-order valence-electron chi connectivity index (χ3n) is 5.46. The summed E-state index contributed by atoms with van der Waals surface area (Å²) in [7, 11) is 0. The Labute approximate surface area is 172 Å². The minimum Gasteiger partial charge on any atom is -0.426 e. The van der Waals surface area contributed by atoms with Crippen LogP contribution >= 0.6 is 12.4 Å². The van der Waals surface area contributed by atoms with Gasteiger partial charge in [0, 0.05) is 18.5 Å². The van der Waals surface area contributed by atoms with Gasteiger partial charge in [0.25, 0.3) is 0 Å². The van der Waals surface area contributed by atoms with Crippen molar-refractivity contribution in [3.8, 4) is 5.75 Å². The topological polar surface area (TPSA) is 79.4 Å². The standard InChI is InChI=1S/C22H27N3O2.ClH/c1-22(2,17-6-4-3-5-7-17)18-8-10-19(11-9-18)27-20(26)16-12-14-25(15-13-16)21(23)24;/h3-11,16H,12-15H2,1-2H3,(H3,23,24);1H. The van der Waals surface area contributed by atoms with Gasteiger partial charge in [-0.2, -0.15) is 0 Å².